The van der Waals surface area contributed by atoms with Crippen LogP contribution in [0.4, 0.5) is 4.79 Å². The number of primary amides is 1. The molecule has 0 aromatic rings. The van der Waals surface area contributed by atoms with Crippen LogP contribution >= 0.6 is 0 Å². The minimum absolute atomic E-state index is 0.0232. The van der Waals surface area contributed by atoms with Crippen LogP contribution < -0.4 is 5.73 Å². The number of hydrogen-bond donors (Lipinski definition) is 2. The van der Waals surface area contributed by atoms with E-state index in [0.717, 1.165) is 25.7 Å². The highest BCUT2D eigenvalue weighted by atomic mass is 16.6. The van der Waals surface area contributed by atoms with Gasteiger partial charge in [-0.15, -0.1) is 0 Å². The predicted octanol–water partition coefficient (Wildman–Crippen LogP) is 4.11. The van der Waals surface area contributed by atoms with E-state index >= 15 is 0 Å². The number of hydrogen-bond acceptors (Lipinski definition) is 4. The fourth-order valence-corrected chi connectivity index (χ4v) is 5.87. The van der Waals surface area contributed by atoms with Crippen molar-refractivity contribution < 1.29 is 19.4 Å². The summed E-state index contributed by atoms with van der Waals surface area (Å²) >= 11 is 0. The lowest BCUT2D eigenvalue weighted by molar-refractivity contribution is -0.164. The molecular formula is C21H39NO4. The number of nitrogens with two attached hydrogens (primary N) is 1. The first-order chi connectivity index (χ1) is 12.0. The second-order valence-electron chi connectivity index (χ2n) is 9.28. The van der Waals surface area contributed by atoms with Crippen LogP contribution in [0.25, 0.3) is 0 Å². The van der Waals surface area contributed by atoms with Crippen molar-refractivity contribution in [1.82, 2.24) is 0 Å². The number of aliphatic hydroxyl groups excluding tert-OH is 1. The van der Waals surface area contributed by atoms with Gasteiger partial charge in [-0.25, -0.2) is 4.79 Å². The molecule has 0 radical (unpaired) electrons. The number of fused-ring (bicyclic) bond motifs is 1. The molecule has 8 unspecified atom stereocenters. The summed E-state index contributed by atoms with van der Waals surface area (Å²) < 4.78 is 11.8. The zero-order valence-electron chi connectivity index (χ0n) is 17.6. The maximum absolute atomic E-state index is 11.4. The van der Waals surface area contributed by atoms with Crippen molar-refractivity contribution in [1.29, 1.82) is 0 Å². The Morgan fingerprint density at radius 3 is 2.35 bits per heavy atom. The first-order valence-corrected chi connectivity index (χ1v) is 10.3. The maximum atomic E-state index is 11.4. The van der Waals surface area contributed by atoms with E-state index in [-0.39, 0.29) is 35.1 Å². The fraction of sp³-hybridized carbons (Fsp3) is 0.952. The van der Waals surface area contributed by atoms with Gasteiger partial charge in [-0.1, -0.05) is 54.9 Å². The van der Waals surface area contributed by atoms with Crippen molar-refractivity contribution >= 4 is 6.09 Å². The molecule has 8 atom stereocenters. The van der Waals surface area contributed by atoms with E-state index in [9.17, 15) is 9.90 Å². The molecule has 5 heteroatoms. The topological polar surface area (TPSA) is 81.8 Å². The molecule has 1 amide bonds. The molecule has 2 aliphatic rings. The summed E-state index contributed by atoms with van der Waals surface area (Å²) in [5.74, 6) is 0.832. The fourth-order valence-electron chi connectivity index (χ4n) is 5.87. The highest BCUT2D eigenvalue weighted by molar-refractivity contribution is 5.64. The molecule has 0 aromatic carbocycles. The van der Waals surface area contributed by atoms with Crippen LogP contribution in [0.3, 0.4) is 0 Å². The molecule has 5 nitrogen and oxygen atoms in total. The van der Waals surface area contributed by atoms with Crippen LogP contribution in [0.1, 0.15) is 74.1 Å². The first kappa shape index (κ1) is 21.5. The van der Waals surface area contributed by atoms with Crippen molar-refractivity contribution in [2.24, 2.45) is 34.3 Å². The molecule has 1 saturated carbocycles. The van der Waals surface area contributed by atoms with Gasteiger partial charge < -0.3 is 20.3 Å². The van der Waals surface area contributed by atoms with E-state index in [1.807, 2.05) is 13.8 Å². The Morgan fingerprint density at radius 2 is 1.88 bits per heavy atom. The normalized spacial score (nSPS) is 42.3. The molecule has 1 saturated heterocycles. The lowest BCUT2D eigenvalue weighted by Gasteiger charge is -2.49. The van der Waals surface area contributed by atoms with Gasteiger partial charge in [0.05, 0.1) is 18.3 Å². The third-order valence-electron chi connectivity index (χ3n) is 8.11. The lowest BCUT2D eigenvalue weighted by Crippen LogP contribution is -2.48. The van der Waals surface area contributed by atoms with Gasteiger partial charge in [-0.05, 0) is 42.4 Å². The van der Waals surface area contributed by atoms with Gasteiger partial charge in [-0.3, -0.25) is 0 Å². The monoisotopic (exact) mass is 369 g/mol. The Morgan fingerprint density at radius 1 is 1.27 bits per heavy atom. The lowest BCUT2D eigenvalue weighted by atomic mass is 9.56. The Balaban J connectivity index is 2.32. The average molecular weight is 370 g/mol. The molecular weight excluding hydrogens is 330 g/mol. The highest BCUT2D eigenvalue weighted by Gasteiger charge is 2.66. The third-order valence-corrected chi connectivity index (χ3v) is 8.11. The van der Waals surface area contributed by atoms with Gasteiger partial charge in [0.2, 0.25) is 0 Å². The van der Waals surface area contributed by atoms with Crippen LogP contribution in [0.2, 0.25) is 0 Å². The Labute approximate surface area is 159 Å². The van der Waals surface area contributed by atoms with E-state index in [1.165, 1.54) is 0 Å². The van der Waals surface area contributed by atoms with Gasteiger partial charge in [0.15, 0.2) is 0 Å². The van der Waals surface area contributed by atoms with Crippen LogP contribution in [-0.4, -0.2) is 35.6 Å². The summed E-state index contributed by atoms with van der Waals surface area (Å²) in [6, 6.07) is 0. The third kappa shape index (κ3) is 3.15. The standard InChI is InChI=1S/C21H39NO4/c1-8-13(5)21(7)18(23)17-14(20(21,6)9-2)10-11-15(25-17)16(12(3)4)26-19(22)24/h12-18,23H,8-11H2,1-7H3,(H2,22,24). The first-order valence-electron chi connectivity index (χ1n) is 10.3. The highest BCUT2D eigenvalue weighted by Crippen LogP contribution is 2.65. The molecule has 3 N–H and O–H groups in total. The molecule has 1 aliphatic heterocycles. The number of amides is 1. The molecule has 26 heavy (non-hydrogen) atoms. The Hall–Kier alpha value is -0.810. The summed E-state index contributed by atoms with van der Waals surface area (Å²) in [5, 5.41) is 11.4. The molecule has 2 fully saturated rings. The van der Waals surface area contributed by atoms with Gasteiger partial charge in [0.25, 0.3) is 0 Å². The Kier molecular flexibility index (Phi) is 6.34. The molecule has 2 rings (SSSR count). The minimum atomic E-state index is -0.760. The zero-order chi connectivity index (χ0) is 19.9. The summed E-state index contributed by atoms with van der Waals surface area (Å²) in [5.41, 5.74) is 5.10. The van der Waals surface area contributed by atoms with Crippen molar-refractivity contribution in [3.63, 3.8) is 0 Å². The summed E-state index contributed by atoms with van der Waals surface area (Å²) in [4.78, 5) is 11.3. The molecule has 152 valence electrons. The van der Waals surface area contributed by atoms with Crippen LogP contribution in [0.5, 0.6) is 0 Å². The number of ether oxygens (including phenoxy) is 2. The number of rotatable bonds is 6. The largest absolute Gasteiger partial charge is 0.443 e. The average Bonchev–Trinajstić information content (AvgIpc) is 2.78. The number of carbonyl (C=O) groups is 1. The van der Waals surface area contributed by atoms with Crippen LogP contribution in [0.15, 0.2) is 0 Å². The van der Waals surface area contributed by atoms with Crippen molar-refractivity contribution in [3.8, 4) is 0 Å². The number of carbonyl (C=O) groups excluding carboxylic acids is 1. The predicted molar refractivity (Wildman–Crippen MR) is 103 cm³/mol. The minimum Gasteiger partial charge on any atom is -0.443 e. The summed E-state index contributed by atoms with van der Waals surface area (Å²) in [6.45, 7) is 15.3. The molecule has 0 aromatic heterocycles. The molecule has 1 aliphatic carbocycles. The van der Waals surface area contributed by atoms with Crippen LogP contribution in [0, 0.1) is 28.6 Å². The smallest absolute Gasteiger partial charge is 0.404 e. The Bertz CT molecular complexity index is 510. The van der Waals surface area contributed by atoms with E-state index in [0.29, 0.717) is 11.8 Å². The SMILES string of the molecule is CCC(C)C1(C)C(O)C2OC(C(OC(N)=O)C(C)C)CCC2C1(C)CC. The summed E-state index contributed by atoms with van der Waals surface area (Å²) in [7, 11) is 0. The summed E-state index contributed by atoms with van der Waals surface area (Å²) in [6.07, 6.45) is 1.79. The van der Waals surface area contributed by atoms with Crippen molar-refractivity contribution in [2.75, 3.05) is 0 Å². The molecule has 0 spiro atoms. The maximum Gasteiger partial charge on any atom is 0.404 e. The number of aliphatic hydroxyl groups is 1. The molecule has 0 bridgehead atoms. The second-order valence-corrected chi connectivity index (χ2v) is 9.28. The van der Waals surface area contributed by atoms with Gasteiger partial charge in [-0.2, -0.15) is 0 Å². The molecule has 1 heterocycles. The van der Waals surface area contributed by atoms with Gasteiger partial charge in [0, 0.05) is 5.41 Å². The van der Waals surface area contributed by atoms with Crippen molar-refractivity contribution in [3.05, 3.63) is 0 Å². The second kappa shape index (κ2) is 7.67. The quantitative estimate of drug-likeness (QED) is 0.738. The van der Waals surface area contributed by atoms with E-state index in [1.54, 1.807) is 0 Å². The van der Waals surface area contributed by atoms with E-state index < -0.39 is 12.2 Å². The van der Waals surface area contributed by atoms with Gasteiger partial charge in [0.1, 0.15) is 6.10 Å². The van der Waals surface area contributed by atoms with Crippen molar-refractivity contribution in [2.45, 2.75) is 98.6 Å². The van der Waals surface area contributed by atoms with E-state index in [2.05, 4.69) is 34.6 Å². The van der Waals surface area contributed by atoms with Gasteiger partial charge >= 0.3 is 6.09 Å². The van der Waals surface area contributed by atoms with E-state index in [4.69, 9.17) is 15.2 Å². The van der Waals surface area contributed by atoms with Crippen LogP contribution in [-0.2, 0) is 9.47 Å². The zero-order valence-corrected chi connectivity index (χ0v) is 17.6.